The van der Waals surface area contributed by atoms with Crippen molar-refractivity contribution in [3.05, 3.63) is 247 Å². The summed E-state index contributed by atoms with van der Waals surface area (Å²) >= 11 is 0. The second-order valence-electron chi connectivity index (χ2n) is 17.1. The first-order valence-electron chi connectivity index (χ1n) is 22.5. The van der Waals surface area contributed by atoms with Crippen molar-refractivity contribution >= 4 is 88.3 Å². The van der Waals surface area contributed by atoms with Crippen molar-refractivity contribution in [2.45, 2.75) is 19.8 Å². The highest BCUT2D eigenvalue weighted by Crippen LogP contribution is 2.47. The summed E-state index contributed by atoms with van der Waals surface area (Å²) in [4.78, 5) is 7.86. The summed E-state index contributed by atoms with van der Waals surface area (Å²) in [5.74, 6) is 0. The maximum absolute atomic E-state index is 7.22. The number of rotatable bonds is 7. The fourth-order valence-electron chi connectivity index (χ4n) is 9.77. The van der Waals surface area contributed by atoms with Crippen LogP contribution in [0.15, 0.2) is 239 Å². The average molecular weight is 833 g/mol. The molecule has 10 aromatic carbocycles. The Morgan fingerprint density at radius 2 is 1.02 bits per heavy atom. The summed E-state index contributed by atoms with van der Waals surface area (Å²) in [7, 11) is 0. The Balaban J connectivity index is 1.04. The van der Waals surface area contributed by atoms with Crippen LogP contribution in [-0.4, -0.2) is 5.71 Å². The van der Waals surface area contributed by atoms with Crippen molar-refractivity contribution in [2.75, 3.05) is 4.90 Å². The first-order chi connectivity index (χ1) is 32.1. The SMILES string of the molecule is C/C1=C(\c2ccc3ccccc3c2)C/C=C(c2ccc3c(c2)oc2c(N(c4ccc(-c5ccccc5)cc4)c4ccc5ccccc5c4)c4ccccc4cc23)\N=C(\c2ccccc2)C1. The van der Waals surface area contributed by atoms with Crippen LogP contribution in [0, 0.1) is 0 Å². The van der Waals surface area contributed by atoms with Crippen LogP contribution in [0.25, 0.3) is 76.7 Å². The fraction of sp³-hybridized carbons (Fsp3) is 0.0484. The van der Waals surface area contributed by atoms with Gasteiger partial charge in [0, 0.05) is 39.5 Å². The van der Waals surface area contributed by atoms with Gasteiger partial charge < -0.3 is 9.32 Å². The van der Waals surface area contributed by atoms with Crippen molar-refractivity contribution in [3.8, 4) is 11.1 Å². The molecule has 1 aliphatic rings. The molecule has 0 spiro atoms. The monoisotopic (exact) mass is 832 g/mol. The molecule has 1 aliphatic heterocycles. The first-order valence-corrected chi connectivity index (χ1v) is 22.5. The zero-order valence-corrected chi connectivity index (χ0v) is 36.1. The molecule has 0 radical (unpaired) electrons. The van der Waals surface area contributed by atoms with Crippen molar-refractivity contribution in [1.29, 1.82) is 0 Å². The quantitative estimate of drug-likeness (QED) is 0.160. The zero-order valence-electron chi connectivity index (χ0n) is 36.1. The summed E-state index contributed by atoms with van der Waals surface area (Å²) in [6.45, 7) is 2.27. The molecule has 2 heterocycles. The second-order valence-corrected chi connectivity index (χ2v) is 17.1. The molecule has 11 aromatic rings. The molecule has 0 saturated carbocycles. The lowest BCUT2D eigenvalue weighted by atomic mass is 9.90. The van der Waals surface area contributed by atoms with E-state index >= 15 is 0 Å². The van der Waals surface area contributed by atoms with E-state index < -0.39 is 0 Å². The largest absolute Gasteiger partial charge is 0.454 e. The highest BCUT2D eigenvalue weighted by atomic mass is 16.3. The molecule has 0 fully saturated rings. The number of aliphatic imine (C=N–C) groups is 1. The van der Waals surface area contributed by atoms with Crippen LogP contribution < -0.4 is 4.90 Å². The minimum Gasteiger partial charge on any atom is -0.454 e. The molecule has 0 unspecified atom stereocenters. The maximum Gasteiger partial charge on any atom is 0.160 e. The lowest BCUT2D eigenvalue weighted by molar-refractivity contribution is 0.669. The lowest BCUT2D eigenvalue weighted by Gasteiger charge is -2.27. The normalized spacial score (nSPS) is 16.0. The van der Waals surface area contributed by atoms with E-state index in [0.29, 0.717) is 0 Å². The van der Waals surface area contributed by atoms with E-state index in [0.717, 1.165) is 85.2 Å². The molecule has 65 heavy (non-hydrogen) atoms. The molecule has 3 nitrogen and oxygen atoms in total. The number of fused-ring (bicyclic) bond motifs is 6. The summed E-state index contributed by atoms with van der Waals surface area (Å²) in [5, 5.41) is 9.28. The Kier molecular flexibility index (Phi) is 9.53. The van der Waals surface area contributed by atoms with Gasteiger partial charge in [-0.1, -0.05) is 182 Å². The van der Waals surface area contributed by atoms with Gasteiger partial charge in [-0.05, 0) is 117 Å². The molecule has 0 saturated heterocycles. The number of hydrogen-bond acceptors (Lipinski definition) is 3. The van der Waals surface area contributed by atoms with Crippen LogP contribution in [0.2, 0.25) is 0 Å². The van der Waals surface area contributed by atoms with E-state index in [1.54, 1.807) is 0 Å². The predicted octanol–water partition coefficient (Wildman–Crippen LogP) is 17.3. The number of benzene rings is 10. The van der Waals surface area contributed by atoms with Gasteiger partial charge in [-0.25, -0.2) is 0 Å². The number of hydrogen-bond donors (Lipinski definition) is 0. The minimum atomic E-state index is 0.753. The zero-order chi connectivity index (χ0) is 43.3. The second kappa shape index (κ2) is 16.1. The van der Waals surface area contributed by atoms with E-state index in [1.165, 1.54) is 49.4 Å². The number of anilines is 3. The van der Waals surface area contributed by atoms with Gasteiger partial charge in [0.2, 0.25) is 0 Å². The molecule has 0 atom stereocenters. The van der Waals surface area contributed by atoms with Gasteiger partial charge >= 0.3 is 0 Å². The third-order valence-electron chi connectivity index (χ3n) is 13.1. The van der Waals surface area contributed by atoms with Crippen molar-refractivity contribution in [2.24, 2.45) is 4.99 Å². The van der Waals surface area contributed by atoms with Gasteiger partial charge in [0.05, 0.1) is 17.1 Å². The lowest BCUT2D eigenvalue weighted by Crippen LogP contribution is -2.11. The molecule has 0 aliphatic carbocycles. The third-order valence-corrected chi connectivity index (χ3v) is 13.1. The smallest absolute Gasteiger partial charge is 0.160 e. The molecular weight excluding hydrogens is 789 g/mol. The molecule has 0 amide bonds. The van der Waals surface area contributed by atoms with Crippen molar-refractivity contribution in [3.63, 3.8) is 0 Å². The summed E-state index contributed by atoms with van der Waals surface area (Å²) < 4.78 is 7.22. The highest BCUT2D eigenvalue weighted by molar-refractivity contribution is 6.20. The highest BCUT2D eigenvalue weighted by Gasteiger charge is 2.24. The van der Waals surface area contributed by atoms with E-state index in [2.05, 4.69) is 236 Å². The first kappa shape index (κ1) is 38.4. The molecule has 0 bridgehead atoms. The Hall–Kier alpha value is -8.27. The third kappa shape index (κ3) is 7.08. The van der Waals surface area contributed by atoms with Gasteiger partial charge in [-0.2, -0.15) is 0 Å². The predicted molar refractivity (Wildman–Crippen MR) is 276 cm³/mol. The average Bonchev–Trinajstić information content (AvgIpc) is 3.73. The number of allylic oxidation sites excluding steroid dienone is 3. The van der Waals surface area contributed by atoms with Gasteiger partial charge in [-0.3, -0.25) is 4.99 Å². The van der Waals surface area contributed by atoms with Crippen molar-refractivity contribution in [1.82, 2.24) is 0 Å². The van der Waals surface area contributed by atoms with Crippen LogP contribution >= 0.6 is 0 Å². The summed E-state index contributed by atoms with van der Waals surface area (Å²) in [6.07, 6.45) is 3.83. The van der Waals surface area contributed by atoms with E-state index in [1.807, 2.05) is 0 Å². The molecule has 308 valence electrons. The molecule has 1 aromatic heterocycles. The Morgan fingerprint density at radius 3 is 1.77 bits per heavy atom. The van der Waals surface area contributed by atoms with E-state index in [-0.39, 0.29) is 0 Å². The molecule has 12 rings (SSSR count). The maximum atomic E-state index is 7.22. The molecule has 3 heteroatoms. The fourth-order valence-corrected chi connectivity index (χ4v) is 9.77. The van der Waals surface area contributed by atoms with Crippen LogP contribution in [0.5, 0.6) is 0 Å². The van der Waals surface area contributed by atoms with Gasteiger partial charge in [0.15, 0.2) is 5.58 Å². The topological polar surface area (TPSA) is 28.7 Å². The standard InChI is InChI=1S/C62H44N2O/c1-41-36-59(46-18-6-3-7-19-46)63-58(35-34-54(41)50-25-24-43-16-8-10-20-47(43)37-50)51-29-33-56-57-39-49-22-12-13-23-55(49)61(62(57)65-60(56)40-51)64(53-32-28-44-17-9-11-21-48(44)38-53)52-30-26-45(27-31-52)42-14-4-2-5-15-42/h2-33,35,37-40H,34,36H2,1H3/b54-41+,58-35-,63-59+. The van der Waals surface area contributed by atoms with E-state index in [9.17, 15) is 0 Å². The van der Waals surface area contributed by atoms with Gasteiger partial charge in [0.1, 0.15) is 5.58 Å². The number of nitrogens with zero attached hydrogens (tertiary/aromatic N) is 2. The minimum absolute atomic E-state index is 0.753. The summed E-state index contributed by atoms with van der Waals surface area (Å²) in [6, 6.07) is 78.5. The molecule has 0 N–H and O–H groups in total. The van der Waals surface area contributed by atoms with Crippen LogP contribution in [0.1, 0.15) is 36.5 Å². The Bertz CT molecular complexity index is 3710. The van der Waals surface area contributed by atoms with Crippen molar-refractivity contribution < 1.29 is 4.42 Å². The van der Waals surface area contributed by atoms with E-state index in [4.69, 9.17) is 9.41 Å². The van der Waals surface area contributed by atoms with Crippen LogP contribution in [0.3, 0.4) is 0 Å². The molecular formula is C62H44N2O. The van der Waals surface area contributed by atoms with Crippen LogP contribution in [0.4, 0.5) is 17.1 Å². The van der Waals surface area contributed by atoms with Gasteiger partial charge in [0.25, 0.3) is 0 Å². The number of furan rings is 1. The van der Waals surface area contributed by atoms with Gasteiger partial charge in [-0.15, -0.1) is 0 Å². The van der Waals surface area contributed by atoms with Crippen LogP contribution in [-0.2, 0) is 0 Å². The Labute approximate surface area is 378 Å². The summed E-state index contributed by atoms with van der Waals surface area (Å²) in [5.41, 5.74) is 15.2. The Morgan fingerprint density at radius 1 is 0.431 bits per heavy atom.